The molecule has 0 bridgehead atoms. The molecule has 1 heterocycles. The zero-order chi connectivity index (χ0) is 5.98. The highest BCUT2D eigenvalue weighted by Crippen LogP contribution is 2.07. The van der Waals surface area contributed by atoms with E-state index < -0.39 is 0 Å². The number of halogens is 2. The molecule has 0 unspecified atom stereocenters. The van der Waals surface area contributed by atoms with Gasteiger partial charge in [-0.1, -0.05) is 0 Å². The third-order valence-corrected chi connectivity index (χ3v) is 1.17. The SMILES string of the molecule is Fc1ccnnc1Br. The Morgan fingerprint density at radius 3 is 2.75 bits per heavy atom. The van der Waals surface area contributed by atoms with Crippen molar-refractivity contribution in [1.82, 2.24) is 10.2 Å². The standard InChI is InChI=1S/C4H2BrFN2/c5-4-3(6)1-2-7-8-4/h1-2H. The van der Waals surface area contributed by atoms with E-state index in [4.69, 9.17) is 0 Å². The summed E-state index contributed by atoms with van der Waals surface area (Å²) in [6.45, 7) is 0. The summed E-state index contributed by atoms with van der Waals surface area (Å²) in [6.07, 6.45) is 1.29. The Bertz CT molecular complexity index is 170. The molecule has 0 aliphatic carbocycles. The monoisotopic (exact) mass is 176 g/mol. The maximum Gasteiger partial charge on any atom is 0.164 e. The lowest BCUT2D eigenvalue weighted by atomic mass is 10.6. The zero-order valence-electron chi connectivity index (χ0n) is 3.81. The van der Waals surface area contributed by atoms with E-state index in [1.54, 1.807) is 0 Å². The molecule has 0 amide bonds. The van der Waals surface area contributed by atoms with Gasteiger partial charge in [0.2, 0.25) is 0 Å². The minimum atomic E-state index is -0.389. The van der Waals surface area contributed by atoms with Crippen molar-refractivity contribution in [1.29, 1.82) is 0 Å². The van der Waals surface area contributed by atoms with Crippen molar-refractivity contribution in [2.75, 3.05) is 0 Å². The van der Waals surface area contributed by atoms with Crippen LogP contribution in [-0.2, 0) is 0 Å². The van der Waals surface area contributed by atoms with Gasteiger partial charge in [-0.05, 0) is 22.0 Å². The molecule has 0 saturated carbocycles. The highest BCUT2D eigenvalue weighted by atomic mass is 79.9. The van der Waals surface area contributed by atoms with Crippen LogP contribution in [0.4, 0.5) is 4.39 Å². The lowest BCUT2D eigenvalue weighted by Gasteiger charge is -1.85. The quantitative estimate of drug-likeness (QED) is 0.598. The van der Waals surface area contributed by atoms with Crippen molar-refractivity contribution in [3.8, 4) is 0 Å². The average molecular weight is 177 g/mol. The zero-order valence-corrected chi connectivity index (χ0v) is 5.39. The summed E-state index contributed by atoms with van der Waals surface area (Å²) >= 11 is 2.85. The van der Waals surface area contributed by atoms with Crippen LogP contribution in [0.2, 0.25) is 0 Å². The summed E-state index contributed by atoms with van der Waals surface area (Å²) in [5, 5.41) is 6.78. The number of hydrogen-bond acceptors (Lipinski definition) is 2. The summed E-state index contributed by atoms with van der Waals surface area (Å²) < 4.78 is 12.3. The molecule has 1 aromatic heterocycles. The van der Waals surface area contributed by atoms with Crippen LogP contribution in [0.1, 0.15) is 0 Å². The van der Waals surface area contributed by atoms with Gasteiger partial charge < -0.3 is 0 Å². The van der Waals surface area contributed by atoms with Gasteiger partial charge in [-0.3, -0.25) is 0 Å². The lowest BCUT2D eigenvalue weighted by molar-refractivity contribution is 0.605. The van der Waals surface area contributed by atoms with E-state index in [1.807, 2.05) is 0 Å². The molecule has 0 N–H and O–H groups in total. The van der Waals surface area contributed by atoms with Gasteiger partial charge in [-0.15, -0.1) is 5.10 Å². The summed E-state index contributed by atoms with van der Waals surface area (Å²) in [4.78, 5) is 0. The van der Waals surface area contributed by atoms with Crippen molar-refractivity contribution < 1.29 is 4.39 Å². The average Bonchev–Trinajstić information content (AvgIpc) is 1.77. The molecule has 0 saturated heterocycles. The molecule has 0 aliphatic rings. The third kappa shape index (κ3) is 1.01. The maximum atomic E-state index is 12.2. The predicted molar refractivity (Wildman–Crippen MR) is 29.7 cm³/mol. The molecule has 4 heteroatoms. The van der Waals surface area contributed by atoms with Gasteiger partial charge in [-0.2, -0.15) is 5.10 Å². The third-order valence-electron chi connectivity index (χ3n) is 0.630. The fourth-order valence-electron chi connectivity index (χ4n) is 0.299. The van der Waals surface area contributed by atoms with Crippen LogP contribution in [-0.4, -0.2) is 10.2 Å². The Labute approximate surface area is 53.9 Å². The molecule has 0 aromatic carbocycles. The molecule has 1 rings (SSSR count). The first-order chi connectivity index (χ1) is 3.80. The molecule has 0 radical (unpaired) electrons. The molecular formula is C4H2BrFN2. The van der Waals surface area contributed by atoms with E-state index in [0.717, 1.165) is 0 Å². The van der Waals surface area contributed by atoms with Gasteiger partial charge in [0.25, 0.3) is 0 Å². The lowest BCUT2D eigenvalue weighted by Crippen LogP contribution is -1.83. The fourth-order valence-corrected chi connectivity index (χ4v) is 0.523. The van der Waals surface area contributed by atoms with Crippen LogP contribution in [0, 0.1) is 5.82 Å². The number of aromatic nitrogens is 2. The van der Waals surface area contributed by atoms with Gasteiger partial charge in [0.1, 0.15) is 0 Å². The minimum absolute atomic E-state index is 0.153. The Balaban J connectivity index is 3.13. The Kier molecular flexibility index (Phi) is 1.53. The van der Waals surface area contributed by atoms with Gasteiger partial charge >= 0.3 is 0 Å². The number of rotatable bonds is 0. The van der Waals surface area contributed by atoms with Crippen LogP contribution in [0.3, 0.4) is 0 Å². The minimum Gasteiger partial charge on any atom is -0.204 e. The topological polar surface area (TPSA) is 25.8 Å². The van der Waals surface area contributed by atoms with Gasteiger partial charge in [-0.25, -0.2) is 4.39 Å². The summed E-state index contributed by atoms with van der Waals surface area (Å²) in [5.41, 5.74) is 0. The number of nitrogens with zero attached hydrogens (tertiary/aromatic N) is 2. The molecule has 0 spiro atoms. The Hall–Kier alpha value is -0.510. The van der Waals surface area contributed by atoms with Gasteiger partial charge in [0.05, 0.1) is 6.20 Å². The highest BCUT2D eigenvalue weighted by Gasteiger charge is 1.94. The first kappa shape index (κ1) is 5.62. The maximum absolute atomic E-state index is 12.2. The predicted octanol–water partition coefficient (Wildman–Crippen LogP) is 1.38. The molecule has 0 aliphatic heterocycles. The molecule has 8 heavy (non-hydrogen) atoms. The van der Waals surface area contributed by atoms with Gasteiger partial charge in [0.15, 0.2) is 10.4 Å². The van der Waals surface area contributed by atoms with E-state index in [-0.39, 0.29) is 10.4 Å². The summed E-state index contributed by atoms with van der Waals surface area (Å²) in [6, 6.07) is 1.23. The van der Waals surface area contributed by atoms with Crippen LogP contribution in [0.5, 0.6) is 0 Å². The van der Waals surface area contributed by atoms with Crippen molar-refractivity contribution in [3.63, 3.8) is 0 Å². The second kappa shape index (κ2) is 2.17. The van der Waals surface area contributed by atoms with E-state index >= 15 is 0 Å². The highest BCUT2D eigenvalue weighted by molar-refractivity contribution is 9.10. The van der Waals surface area contributed by atoms with Gasteiger partial charge in [0, 0.05) is 0 Å². The first-order valence-corrected chi connectivity index (χ1v) is 2.72. The second-order valence-electron chi connectivity index (χ2n) is 1.17. The summed E-state index contributed by atoms with van der Waals surface area (Å²) in [5.74, 6) is -0.389. The van der Waals surface area contributed by atoms with E-state index in [1.165, 1.54) is 12.3 Å². The molecule has 0 fully saturated rings. The normalized spacial score (nSPS) is 9.25. The molecule has 0 atom stereocenters. The van der Waals surface area contributed by atoms with E-state index in [9.17, 15) is 4.39 Å². The van der Waals surface area contributed by atoms with Crippen LogP contribution >= 0.6 is 15.9 Å². The van der Waals surface area contributed by atoms with Crippen molar-refractivity contribution in [2.24, 2.45) is 0 Å². The number of hydrogen-bond donors (Lipinski definition) is 0. The molecule has 1 aromatic rings. The van der Waals surface area contributed by atoms with Crippen molar-refractivity contribution in [2.45, 2.75) is 0 Å². The van der Waals surface area contributed by atoms with Crippen LogP contribution in [0.25, 0.3) is 0 Å². The molecule has 42 valence electrons. The summed E-state index contributed by atoms with van der Waals surface area (Å²) in [7, 11) is 0. The van der Waals surface area contributed by atoms with Crippen molar-refractivity contribution in [3.05, 3.63) is 22.7 Å². The van der Waals surface area contributed by atoms with E-state index in [0.29, 0.717) is 0 Å². The van der Waals surface area contributed by atoms with Crippen LogP contribution in [0.15, 0.2) is 16.9 Å². The Morgan fingerprint density at radius 2 is 2.38 bits per heavy atom. The molecule has 2 nitrogen and oxygen atoms in total. The second-order valence-corrected chi connectivity index (χ2v) is 1.92. The molecular weight excluding hydrogens is 175 g/mol. The van der Waals surface area contributed by atoms with Crippen LogP contribution < -0.4 is 0 Å². The largest absolute Gasteiger partial charge is 0.204 e. The smallest absolute Gasteiger partial charge is 0.164 e. The van der Waals surface area contributed by atoms with E-state index in [2.05, 4.69) is 26.1 Å². The Morgan fingerprint density at radius 1 is 1.62 bits per heavy atom. The fraction of sp³-hybridized carbons (Fsp3) is 0. The first-order valence-electron chi connectivity index (χ1n) is 1.93. The van der Waals surface area contributed by atoms with Crippen molar-refractivity contribution >= 4 is 15.9 Å².